The molecule has 0 aliphatic carbocycles. The van der Waals surface area contributed by atoms with E-state index in [2.05, 4.69) is 19.2 Å². The van der Waals surface area contributed by atoms with E-state index in [1.165, 1.54) is 16.4 Å². The van der Waals surface area contributed by atoms with Gasteiger partial charge in [0.25, 0.3) is 0 Å². The van der Waals surface area contributed by atoms with Crippen molar-refractivity contribution in [2.75, 3.05) is 13.1 Å². The van der Waals surface area contributed by atoms with Crippen LogP contribution >= 0.6 is 11.6 Å². The lowest BCUT2D eigenvalue weighted by molar-refractivity contribution is -0.127. The summed E-state index contributed by atoms with van der Waals surface area (Å²) < 4.78 is 34.0. The fourth-order valence-electron chi connectivity index (χ4n) is 4.85. The number of hydrogen-bond acceptors (Lipinski definition) is 4. The number of sulfonamides is 1. The van der Waals surface area contributed by atoms with Gasteiger partial charge in [0.05, 0.1) is 16.9 Å². The Morgan fingerprint density at radius 3 is 2.55 bits per heavy atom. The van der Waals surface area contributed by atoms with Crippen LogP contribution in [0.1, 0.15) is 57.6 Å². The fraction of sp³-hybridized carbons (Fsp3) is 0.480. The Balaban J connectivity index is 1.51. The Morgan fingerprint density at radius 1 is 1.15 bits per heavy atom. The first kappa shape index (κ1) is 24.0. The number of nitrogens with one attached hydrogen (secondary N) is 1. The molecule has 2 aliphatic rings. The third-order valence-electron chi connectivity index (χ3n) is 7.01. The van der Waals surface area contributed by atoms with Crippen LogP contribution in [0.25, 0.3) is 0 Å². The lowest BCUT2D eigenvalue weighted by Gasteiger charge is -2.42. The Kier molecular flexibility index (Phi) is 7.03. The van der Waals surface area contributed by atoms with Crippen molar-refractivity contribution in [2.45, 2.75) is 62.5 Å². The third-order valence-corrected chi connectivity index (χ3v) is 9.14. The summed E-state index contributed by atoms with van der Waals surface area (Å²) >= 11 is 5.91. The SMILES string of the molecule is CCC1(CC)CC(NC(=O)C2CCCN(S(=O)(=O)c3ccc(Cl)cc3)C2)c2ccccc2O1. The molecule has 4 rings (SSSR count). The maximum Gasteiger partial charge on any atom is 0.243 e. The van der Waals surface area contributed by atoms with E-state index in [1.807, 2.05) is 24.3 Å². The number of fused-ring (bicyclic) bond motifs is 1. The summed E-state index contributed by atoms with van der Waals surface area (Å²) in [5, 5.41) is 3.71. The Morgan fingerprint density at radius 2 is 1.85 bits per heavy atom. The number of nitrogens with zero attached hydrogens (tertiary/aromatic N) is 1. The molecule has 8 heteroatoms. The van der Waals surface area contributed by atoms with Gasteiger partial charge in [-0.2, -0.15) is 4.31 Å². The molecule has 1 fully saturated rings. The van der Waals surface area contributed by atoms with Gasteiger partial charge < -0.3 is 10.1 Å². The molecule has 2 aromatic rings. The first-order chi connectivity index (χ1) is 15.8. The fourth-order valence-corrected chi connectivity index (χ4v) is 6.50. The number of para-hydroxylation sites is 1. The number of carbonyl (C=O) groups excluding carboxylic acids is 1. The van der Waals surface area contributed by atoms with Crippen LogP contribution in [-0.4, -0.2) is 37.3 Å². The number of benzene rings is 2. The van der Waals surface area contributed by atoms with Crippen molar-refractivity contribution in [3.05, 3.63) is 59.1 Å². The van der Waals surface area contributed by atoms with Crippen molar-refractivity contribution >= 4 is 27.5 Å². The summed E-state index contributed by atoms with van der Waals surface area (Å²) in [6.45, 7) is 4.80. The zero-order chi connectivity index (χ0) is 23.6. The minimum Gasteiger partial charge on any atom is -0.487 e. The van der Waals surface area contributed by atoms with Gasteiger partial charge in [-0.25, -0.2) is 8.42 Å². The van der Waals surface area contributed by atoms with Gasteiger partial charge in [0, 0.05) is 30.1 Å². The number of hydrogen-bond donors (Lipinski definition) is 1. The average molecular weight is 491 g/mol. The molecule has 1 amide bonds. The highest BCUT2D eigenvalue weighted by Gasteiger charge is 2.40. The molecule has 1 saturated heterocycles. The van der Waals surface area contributed by atoms with Gasteiger partial charge in [0.15, 0.2) is 0 Å². The van der Waals surface area contributed by atoms with Crippen molar-refractivity contribution in [1.29, 1.82) is 0 Å². The van der Waals surface area contributed by atoms with Crippen molar-refractivity contribution in [3.8, 4) is 5.75 Å². The molecule has 178 valence electrons. The highest BCUT2D eigenvalue weighted by atomic mass is 35.5. The first-order valence-electron chi connectivity index (χ1n) is 11.6. The largest absolute Gasteiger partial charge is 0.487 e. The molecule has 2 aromatic carbocycles. The summed E-state index contributed by atoms with van der Waals surface area (Å²) in [4.78, 5) is 13.5. The average Bonchev–Trinajstić information content (AvgIpc) is 2.84. The quantitative estimate of drug-likeness (QED) is 0.622. The van der Waals surface area contributed by atoms with Crippen molar-refractivity contribution in [3.63, 3.8) is 0 Å². The number of carbonyl (C=O) groups is 1. The second-order valence-corrected chi connectivity index (χ2v) is 11.3. The van der Waals surface area contributed by atoms with Crippen LogP contribution in [0.4, 0.5) is 0 Å². The van der Waals surface area contributed by atoms with Crippen molar-refractivity contribution in [2.24, 2.45) is 5.92 Å². The van der Waals surface area contributed by atoms with Crippen LogP contribution < -0.4 is 10.1 Å². The number of piperidine rings is 1. The lowest BCUT2D eigenvalue weighted by Crippen LogP contribution is -2.49. The van der Waals surface area contributed by atoms with Crippen LogP contribution in [0.3, 0.4) is 0 Å². The molecule has 2 aliphatic heterocycles. The number of rotatable bonds is 6. The van der Waals surface area contributed by atoms with Gasteiger partial charge in [0.1, 0.15) is 11.4 Å². The molecule has 2 unspecified atom stereocenters. The molecule has 2 heterocycles. The second kappa shape index (κ2) is 9.65. The summed E-state index contributed by atoms with van der Waals surface area (Å²) in [6, 6.07) is 13.8. The van der Waals surface area contributed by atoms with E-state index >= 15 is 0 Å². The topological polar surface area (TPSA) is 75.7 Å². The maximum absolute atomic E-state index is 13.3. The molecule has 0 bridgehead atoms. The zero-order valence-electron chi connectivity index (χ0n) is 19.1. The van der Waals surface area contributed by atoms with Crippen LogP contribution in [0.2, 0.25) is 5.02 Å². The molecule has 33 heavy (non-hydrogen) atoms. The van der Waals surface area contributed by atoms with Gasteiger partial charge in [0.2, 0.25) is 15.9 Å². The Hall–Kier alpha value is -2.09. The number of halogens is 1. The minimum atomic E-state index is -3.68. The van der Waals surface area contributed by atoms with E-state index in [9.17, 15) is 13.2 Å². The van der Waals surface area contributed by atoms with Gasteiger partial charge in [-0.15, -0.1) is 0 Å². The van der Waals surface area contributed by atoms with Gasteiger partial charge >= 0.3 is 0 Å². The molecule has 0 aromatic heterocycles. The summed E-state index contributed by atoms with van der Waals surface area (Å²) in [5.41, 5.74) is 0.660. The Bertz CT molecular complexity index is 1100. The van der Waals surface area contributed by atoms with Crippen LogP contribution in [-0.2, 0) is 14.8 Å². The minimum absolute atomic E-state index is 0.103. The summed E-state index contributed by atoms with van der Waals surface area (Å²) in [6.07, 6.45) is 3.70. The van der Waals surface area contributed by atoms with Crippen LogP contribution in [0.15, 0.2) is 53.4 Å². The zero-order valence-corrected chi connectivity index (χ0v) is 20.7. The molecule has 0 spiro atoms. The van der Waals surface area contributed by atoms with Gasteiger partial charge in [-0.05, 0) is 56.0 Å². The molecular formula is C25H31ClN2O4S. The molecule has 2 atom stereocenters. The van der Waals surface area contributed by atoms with E-state index in [-0.39, 0.29) is 29.0 Å². The van der Waals surface area contributed by atoms with Crippen LogP contribution in [0, 0.1) is 5.92 Å². The smallest absolute Gasteiger partial charge is 0.243 e. The molecule has 0 radical (unpaired) electrons. The molecule has 6 nitrogen and oxygen atoms in total. The van der Waals surface area contributed by atoms with Gasteiger partial charge in [-0.3, -0.25) is 4.79 Å². The maximum atomic E-state index is 13.3. The van der Waals surface area contributed by atoms with Crippen molar-refractivity contribution < 1.29 is 17.9 Å². The molecule has 0 saturated carbocycles. The molecule has 1 N–H and O–H groups in total. The second-order valence-electron chi connectivity index (χ2n) is 8.95. The van der Waals surface area contributed by atoms with Crippen LogP contribution in [0.5, 0.6) is 5.75 Å². The third kappa shape index (κ3) is 4.91. The number of amides is 1. The van der Waals surface area contributed by atoms with E-state index in [0.717, 1.165) is 24.2 Å². The predicted molar refractivity (Wildman–Crippen MR) is 129 cm³/mol. The number of ether oxygens (including phenoxy) is 1. The van der Waals surface area contributed by atoms with E-state index in [1.54, 1.807) is 12.1 Å². The normalized spacial score (nSPS) is 22.8. The van der Waals surface area contributed by atoms with Gasteiger partial charge in [-0.1, -0.05) is 43.6 Å². The highest BCUT2D eigenvalue weighted by molar-refractivity contribution is 7.89. The highest BCUT2D eigenvalue weighted by Crippen LogP contribution is 2.42. The van der Waals surface area contributed by atoms with E-state index < -0.39 is 15.9 Å². The van der Waals surface area contributed by atoms with E-state index in [4.69, 9.17) is 16.3 Å². The summed E-state index contributed by atoms with van der Waals surface area (Å²) in [7, 11) is -3.68. The Labute approximate surface area is 201 Å². The standard InChI is InChI=1S/C25H31ClN2O4S/c1-3-25(4-2)16-22(21-9-5-6-10-23(21)32-25)27-24(29)18-8-7-15-28(17-18)33(30,31)20-13-11-19(26)12-14-20/h5-6,9-14,18,22H,3-4,7-8,15-17H2,1-2H3,(H,27,29). The lowest BCUT2D eigenvalue weighted by atomic mass is 9.83. The van der Waals surface area contributed by atoms with Crippen molar-refractivity contribution in [1.82, 2.24) is 9.62 Å². The predicted octanol–water partition coefficient (Wildman–Crippen LogP) is 4.94. The van der Waals surface area contributed by atoms with E-state index in [0.29, 0.717) is 30.8 Å². The molecular weight excluding hydrogens is 460 g/mol. The monoisotopic (exact) mass is 490 g/mol. The summed E-state index contributed by atoms with van der Waals surface area (Å²) in [5.74, 6) is 0.315. The first-order valence-corrected chi connectivity index (χ1v) is 13.4.